The van der Waals surface area contributed by atoms with Crippen LogP contribution in [0.2, 0.25) is 0 Å². The van der Waals surface area contributed by atoms with Crippen molar-refractivity contribution in [2.24, 2.45) is 0 Å². The van der Waals surface area contributed by atoms with Crippen molar-refractivity contribution < 1.29 is 9.76 Å². The van der Waals surface area contributed by atoms with Crippen LogP contribution in [0.4, 0.5) is 0 Å². The van der Waals surface area contributed by atoms with E-state index in [1.165, 1.54) is 0 Å². The molecule has 0 spiro atoms. The third kappa shape index (κ3) is 7.66. The minimum absolute atomic E-state index is 0.180. The molecule has 0 aliphatic rings. The second kappa shape index (κ2) is 5.13. The van der Waals surface area contributed by atoms with Gasteiger partial charge < -0.3 is 9.76 Å². The van der Waals surface area contributed by atoms with Gasteiger partial charge in [-0.2, -0.15) is 0 Å². The molecule has 0 aliphatic heterocycles. The Balaban J connectivity index is 4.02. The summed E-state index contributed by atoms with van der Waals surface area (Å²) in [5, 5.41) is 9.17. The molecule has 1 N–H and O–H groups in total. The summed E-state index contributed by atoms with van der Waals surface area (Å²) < 4.78 is 5.40. The lowest BCUT2D eigenvalue weighted by Gasteiger charge is -2.19. The highest BCUT2D eigenvalue weighted by Crippen LogP contribution is 2.08. The van der Waals surface area contributed by atoms with Crippen molar-refractivity contribution in [3.05, 3.63) is 23.4 Å². The van der Waals surface area contributed by atoms with Crippen molar-refractivity contribution in [3.63, 3.8) is 0 Å². The van der Waals surface area contributed by atoms with Gasteiger partial charge in [0.2, 0.25) is 0 Å². The molecule has 0 saturated carbocycles. The summed E-state index contributed by atoms with van der Waals surface area (Å²) in [6.07, 6.45) is 3.29. The summed E-state index contributed by atoms with van der Waals surface area (Å²) in [6.45, 7) is 9.60. The lowest BCUT2D eigenvalue weighted by molar-refractivity contribution is 0.140. The number of allylic oxidation sites excluding steroid dienone is 3. The average molecular weight is 181 g/mol. The zero-order chi connectivity index (χ0) is 10.5. The van der Waals surface area contributed by atoms with E-state index in [1.54, 1.807) is 26.6 Å². The number of aliphatic hydroxyl groups is 1. The first-order valence-corrected chi connectivity index (χ1v) is 4.40. The summed E-state index contributed by atoms with van der Waals surface area (Å²) in [5.74, 6) is 0.256. The van der Waals surface area contributed by atoms with E-state index in [4.69, 9.17) is 9.76 Å². The van der Waals surface area contributed by atoms with E-state index in [0.717, 1.165) is 5.47 Å². The fourth-order valence-electron chi connectivity index (χ4n) is 0.620. The van der Waals surface area contributed by atoms with Gasteiger partial charge in [0.1, 0.15) is 5.76 Å². The van der Waals surface area contributed by atoms with Gasteiger partial charge in [-0.3, -0.25) is 0 Å². The molecule has 0 heterocycles. The Labute approximate surface area is 81.6 Å². The summed E-state index contributed by atoms with van der Waals surface area (Å²) in [5.41, 5.74) is 0.714. The molecule has 0 saturated heterocycles. The third-order valence-corrected chi connectivity index (χ3v) is 1.27. The van der Waals surface area contributed by atoms with Crippen LogP contribution in [0.15, 0.2) is 23.4 Å². The molecule has 0 aliphatic carbocycles. The topological polar surface area (TPSA) is 29.5 Å². The molecule has 3 heteroatoms. The van der Waals surface area contributed by atoms with Crippen molar-refractivity contribution in [1.29, 1.82) is 0 Å². The highest BCUT2D eigenvalue weighted by molar-refractivity contribution is 6.37. The molecule has 2 nitrogen and oxygen atoms in total. The van der Waals surface area contributed by atoms with E-state index >= 15 is 0 Å². The Hall–Kier alpha value is -0.695. The second-order valence-corrected chi connectivity index (χ2v) is 3.95. The Morgan fingerprint density at radius 3 is 2.31 bits per heavy atom. The van der Waals surface area contributed by atoms with Crippen LogP contribution in [0.3, 0.4) is 0 Å². The first kappa shape index (κ1) is 12.3. The monoisotopic (exact) mass is 181 g/mol. The van der Waals surface area contributed by atoms with Gasteiger partial charge in [-0.15, -0.1) is 0 Å². The molecule has 0 aromatic rings. The molecule has 0 aromatic heterocycles. The van der Waals surface area contributed by atoms with Crippen molar-refractivity contribution in [1.82, 2.24) is 0 Å². The van der Waals surface area contributed by atoms with Crippen molar-refractivity contribution in [2.45, 2.75) is 40.2 Å². The zero-order valence-electron chi connectivity index (χ0n) is 9.09. The molecule has 0 unspecified atom stereocenters. The molecular weight excluding hydrogens is 163 g/mol. The summed E-state index contributed by atoms with van der Waals surface area (Å²) >= 11 is 0. The normalized spacial score (nSPS) is 14.5. The van der Waals surface area contributed by atoms with E-state index in [-0.39, 0.29) is 11.4 Å². The molecule has 0 rings (SSSR count). The number of hydrogen-bond donors (Lipinski definition) is 1. The van der Waals surface area contributed by atoms with Gasteiger partial charge in [0.15, 0.2) is 0 Å². The molecule has 13 heavy (non-hydrogen) atoms. The summed E-state index contributed by atoms with van der Waals surface area (Å²) in [4.78, 5) is 0. The molecule has 0 amide bonds. The van der Waals surface area contributed by atoms with Crippen LogP contribution in [0, 0.1) is 0 Å². The van der Waals surface area contributed by atoms with Gasteiger partial charge in [-0.25, -0.2) is 0 Å². The third-order valence-electron chi connectivity index (χ3n) is 1.27. The van der Waals surface area contributed by atoms with Crippen LogP contribution in [-0.4, -0.2) is 18.2 Å². The van der Waals surface area contributed by atoms with Gasteiger partial charge in [0.25, 0.3) is 0 Å². The Morgan fingerprint density at radius 2 is 1.92 bits per heavy atom. The van der Waals surface area contributed by atoms with E-state index in [9.17, 15) is 0 Å². The number of aliphatic hydroxyl groups excluding tert-OH is 1. The summed E-state index contributed by atoms with van der Waals surface area (Å²) in [7, 11) is 1.65. The average Bonchev–Trinajstić information content (AvgIpc) is 1.99. The number of rotatable bonds is 3. The lowest BCUT2D eigenvalue weighted by atomic mass is 9.87. The fraction of sp³-hybridized carbons (Fsp3) is 0.600. The quantitative estimate of drug-likeness (QED) is 0.412. The van der Waals surface area contributed by atoms with E-state index in [2.05, 4.69) is 0 Å². The van der Waals surface area contributed by atoms with Gasteiger partial charge in [-0.05, 0) is 46.8 Å². The van der Waals surface area contributed by atoms with Crippen LogP contribution in [0.1, 0.15) is 34.6 Å². The Kier molecular flexibility index (Phi) is 4.85. The van der Waals surface area contributed by atoms with Crippen LogP contribution in [-0.2, 0) is 4.65 Å². The molecule has 73 valence electrons. The predicted molar refractivity (Wildman–Crippen MR) is 56.7 cm³/mol. The molecule has 1 radical (unpaired) electrons. The van der Waals surface area contributed by atoms with Gasteiger partial charge in [0, 0.05) is 5.60 Å². The smallest absolute Gasteiger partial charge is 0.326 e. The second-order valence-electron chi connectivity index (χ2n) is 3.95. The van der Waals surface area contributed by atoms with Crippen LogP contribution >= 0.6 is 0 Å². The Morgan fingerprint density at radius 1 is 1.38 bits per heavy atom. The fourth-order valence-corrected chi connectivity index (χ4v) is 0.620. The van der Waals surface area contributed by atoms with Crippen LogP contribution in [0.5, 0.6) is 0 Å². The molecular formula is C10H18BO2. The van der Waals surface area contributed by atoms with E-state index < -0.39 is 0 Å². The largest absolute Gasteiger partial charge is 0.508 e. The zero-order valence-corrected chi connectivity index (χ0v) is 9.09. The highest BCUT2D eigenvalue weighted by atomic mass is 16.5. The van der Waals surface area contributed by atoms with E-state index in [1.807, 2.05) is 27.7 Å². The molecule has 0 fully saturated rings. The highest BCUT2D eigenvalue weighted by Gasteiger charge is 2.10. The first-order valence-electron chi connectivity index (χ1n) is 4.40. The molecule has 0 atom stereocenters. The SMILES string of the molecule is C/C=C(O)\C=C(/C)[B]OC(C)(C)C. The predicted octanol–water partition coefficient (Wildman–Crippen LogP) is 2.79. The standard InChI is InChI=1S/C10H18BO2/c1-6-9(12)7-8(2)11-13-10(3,4)5/h6-7,12H,1-5H3/b8-7+,9-6+. The van der Waals surface area contributed by atoms with Gasteiger partial charge in [-0.1, -0.05) is 5.47 Å². The lowest BCUT2D eigenvalue weighted by Crippen LogP contribution is -2.22. The Bertz CT molecular complexity index is 211. The minimum atomic E-state index is -0.180. The van der Waals surface area contributed by atoms with Gasteiger partial charge >= 0.3 is 7.48 Å². The first-order chi connectivity index (χ1) is 5.85. The molecule has 0 bridgehead atoms. The van der Waals surface area contributed by atoms with Crippen LogP contribution < -0.4 is 0 Å². The maximum atomic E-state index is 9.17. The van der Waals surface area contributed by atoms with Crippen molar-refractivity contribution >= 4 is 7.48 Å². The molecule has 0 aromatic carbocycles. The number of hydrogen-bond acceptors (Lipinski definition) is 2. The summed E-state index contributed by atoms with van der Waals surface area (Å²) in [6, 6.07) is 0. The van der Waals surface area contributed by atoms with E-state index in [0.29, 0.717) is 0 Å². The van der Waals surface area contributed by atoms with Gasteiger partial charge in [0.05, 0.1) is 0 Å². The van der Waals surface area contributed by atoms with Crippen molar-refractivity contribution in [2.75, 3.05) is 0 Å². The maximum absolute atomic E-state index is 9.17. The minimum Gasteiger partial charge on any atom is -0.508 e. The maximum Gasteiger partial charge on any atom is 0.326 e. The van der Waals surface area contributed by atoms with Crippen molar-refractivity contribution in [3.8, 4) is 0 Å². The van der Waals surface area contributed by atoms with Crippen LogP contribution in [0.25, 0.3) is 0 Å².